The number of nitrogens with zero attached hydrogens (tertiary/aromatic N) is 4. The number of hydrogen-bond donors (Lipinski definition) is 0. The molecule has 0 bridgehead atoms. The van der Waals surface area contributed by atoms with Gasteiger partial charge in [-0.05, 0) is 37.6 Å². The van der Waals surface area contributed by atoms with Crippen molar-refractivity contribution < 1.29 is 4.74 Å². The fourth-order valence-corrected chi connectivity index (χ4v) is 4.83. The minimum Gasteiger partial charge on any atom is -0.485 e. The largest absolute Gasteiger partial charge is 0.485 e. The number of aromatic nitrogens is 4. The molecule has 0 fully saturated rings. The number of thiazole rings is 1. The van der Waals surface area contributed by atoms with Gasteiger partial charge in [0.2, 0.25) is 0 Å². The number of benzene rings is 2. The lowest BCUT2D eigenvalue weighted by Crippen LogP contribution is -2.05. The monoisotopic (exact) mass is 456 g/mol. The highest BCUT2D eigenvalue weighted by Crippen LogP contribution is 2.28. The molecule has 2 aromatic heterocycles. The first-order chi connectivity index (χ1) is 14.5. The second-order valence-corrected chi connectivity index (χ2v) is 9.19. The van der Waals surface area contributed by atoms with Gasteiger partial charge < -0.3 is 9.30 Å². The zero-order chi connectivity index (χ0) is 21.1. The third-order valence-corrected chi connectivity index (χ3v) is 6.85. The molecule has 4 rings (SSSR count). The van der Waals surface area contributed by atoms with E-state index in [4.69, 9.17) is 21.3 Å². The van der Waals surface area contributed by atoms with Gasteiger partial charge in [-0.25, -0.2) is 4.98 Å². The van der Waals surface area contributed by atoms with Crippen molar-refractivity contribution in [2.24, 2.45) is 7.05 Å². The van der Waals surface area contributed by atoms with E-state index >= 15 is 0 Å². The van der Waals surface area contributed by atoms with Crippen molar-refractivity contribution in [3.8, 4) is 16.3 Å². The van der Waals surface area contributed by atoms with E-state index in [2.05, 4.69) is 46.8 Å². The Kier molecular flexibility index (Phi) is 6.41. The summed E-state index contributed by atoms with van der Waals surface area (Å²) in [6.07, 6.45) is 0. The molecule has 0 saturated carbocycles. The summed E-state index contributed by atoms with van der Waals surface area (Å²) in [5.74, 6) is 2.30. The normalized spacial score (nSPS) is 11.1. The second kappa shape index (κ2) is 9.20. The predicted molar refractivity (Wildman–Crippen MR) is 123 cm³/mol. The van der Waals surface area contributed by atoms with Crippen LogP contribution in [0, 0.1) is 13.8 Å². The van der Waals surface area contributed by atoms with E-state index in [9.17, 15) is 0 Å². The van der Waals surface area contributed by atoms with Crippen molar-refractivity contribution in [1.29, 1.82) is 0 Å². The second-order valence-electron chi connectivity index (χ2n) is 6.96. The molecule has 0 amide bonds. The topological polar surface area (TPSA) is 52.8 Å². The molecule has 0 unspecified atom stereocenters. The van der Waals surface area contributed by atoms with Crippen molar-refractivity contribution >= 4 is 34.7 Å². The van der Waals surface area contributed by atoms with E-state index < -0.39 is 0 Å². The van der Waals surface area contributed by atoms with Crippen molar-refractivity contribution in [3.63, 3.8) is 0 Å². The first kappa shape index (κ1) is 20.9. The van der Waals surface area contributed by atoms with Crippen LogP contribution in [0.4, 0.5) is 0 Å². The standard InChI is InChI=1S/C22H21ClN4OS2/c1-14-4-6-16(7-5-14)21-24-18(12-29-21)13-30-22-26-25-20(27(22)3)11-28-19-9-8-17(23)10-15(19)2/h4-10,12H,11,13H2,1-3H3. The van der Waals surface area contributed by atoms with Gasteiger partial charge in [0.1, 0.15) is 17.4 Å². The van der Waals surface area contributed by atoms with E-state index in [1.54, 1.807) is 23.1 Å². The quantitative estimate of drug-likeness (QED) is 0.315. The molecule has 0 spiro atoms. The Morgan fingerprint density at radius 3 is 2.67 bits per heavy atom. The van der Waals surface area contributed by atoms with Gasteiger partial charge in [0.05, 0.1) is 5.69 Å². The minimum atomic E-state index is 0.348. The van der Waals surface area contributed by atoms with Crippen molar-refractivity contribution in [1.82, 2.24) is 19.7 Å². The van der Waals surface area contributed by atoms with Gasteiger partial charge >= 0.3 is 0 Å². The highest BCUT2D eigenvalue weighted by molar-refractivity contribution is 7.98. The van der Waals surface area contributed by atoms with E-state index in [1.165, 1.54) is 5.56 Å². The number of aryl methyl sites for hydroxylation is 2. The summed E-state index contributed by atoms with van der Waals surface area (Å²) >= 11 is 9.28. The van der Waals surface area contributed by atoms with Gasteiger partial charge in [-0.3, -0.25) is 0 Å². The summed E-state index contributed by atoms with van der Waals surface area (Å²) in [6, 6.07) is 14.0. The Balaban J connectivity index is 1.37. The lowest BCUT2D eigenvalue weighted by Gasteiger charge is -2.09. The molecule has 8 heteroatoms. The van der Waals surface area contributed by atoms with Gasteiger partial charge in [-0.2, -0.15) is 0 Å². The fourth-order valence-electron chi connectivity index (χ4n) is 2.85. The molecule has 2 aromatic carbocycles. The van der Waals surface area contributed by atoms with Crippen LogP contribution in [0.1, 0.15) is 22.6 Å². The van der Waals surface area contributed by atoms with E-state index in [-0.39, 0.29) is 0 Å². The van der Waals surface area contributed by atoms with Crippen LogP contribution in [0.25, 0.3) is 10.6 Å². The van der Waals surface area contributed by atoms with Crippen LogP contribution in [-0.4, -0.2) is 19.7 Å². The van der Waals surface area contributed by atoms with E-state index in [0.717, 1.165) is 44.3 Å². The predicted octanol–water partition coefficient (Wildman–Crippen LogP) is 6.08. The maximum atomic E-state index is 6.00. The minimum absolute atomic E-state index is 0.348. The van der Waals surface area contributed by atoms with Crippen LogP contribution >= 0.6 is 34.7 Å². The molecule has 0 aliphatic rings. The number of thioether (sulfide) groups is 1. The zero-order valence-corrected chi connectivity index (χ0v) is 19.3. The lowest BCUT2D eigenvalue weighted by molar-refractivity contribution is 0.288. The van der Waals surface area contributed by atoms with Crippen LogP contribution in [-0.2, 0) is 19.4 Å². The molecule has 2 heterocycles. The fraction of sp³-hybridized carbons (Fsp3) is 0.227. The van der Waals surface area contributed by atoms with Crippen molar-refractivity contribution in [2.45, 2.75) is 31.4 Å². The van der Waals surface area contributed by atoms with Crippen molar-refractivity contribution in [2.75, 3.05) is 0 Å². The van der Waals surface area contributed by atoms with Gasteiger partial charge in [0.25, 0.3) is 0 Å². The van der Waals surface area contributed by atoms with E-state index in [1.807, 2.05) is 36.7 Å². The van der Waals surface area contributed by atoms with Crippen LogP contribution in [0.5, 0.6) is 5.75 Å². The molecule has 0 N–H and O–H groups in total. The SMILES string of the molecule is Cc1ccc(-c2nc(CSc3nnc(COc4ccc(Cl)cc4C)n3C)cs2)cc1. The summed E-state index contributed by atoms with van der Waals surface area (Å²) in [5.41, 5.74) is 4.43. The van der Waals surface area contributed by atoms with Gasteiger partial charge in [-0.15, -0.1) is 21.5 Å². The molecule has 5 nitrogen and oxygen atoms in total. The number of halogens is 1. The number of hydrogen-bond acceptors (Lipinski definition) is 6. The van der Waals surface area contributed by atoms with E-state index in [0.29, 0.717) is 11.6 Å². The summed E-state index contributed by atoms with van der Waals surface area (Å²) in [5, 5.41) is 13.3. The van der Waals surface area contributed by atoms with Crippen LogP contribution < -0.4 is 4.74 Å². The maximum absolute atomic E-state index is 6.00. The highest BCUT2D eigenvalue weighted by Gasteiger charge is 2.12. The molecule has 0 saturated heterocycles. The molecule has 0 radical (unpaired) electrons. The molecular weight excluding hydrogens is 436 g/mol. The van der Waals surface area contributed by atoms with Crippen molar-refractivity contribution in [3.05, 3.63) is 75.5 Å². The third-order valence-electron chi connectivity index (χ3n) is 4.62. The number of rotatable bonds is 7. The Bertz CT molecular complexity index is 1150. The Morgan fingerprint density at radius 1 is 1.10 bits per heavy atom. The Morgan fingerprint density at radius 2 is 1.90 bits per heavy atom. The van der Waals surface area contributed by atoms with Gasteiger partial charge in [0.15, 0.2) is 11.0 Å². The molecule has 30 heavy (non-hydrogen) atoms. The Hall–Kier alpha value is -2.35. The summed E-state index contributed by atoms with van der Waals surface area (Å²) < 4.78 is 7.86. The van der Waals surface area contributed by atoms with Crippen LogP contribution in [0.3, 0.4) is 0 Å². The molecule has 154 valence electrons. The molecule has 0 atom stereocenters. The highest BCUT2D eigenvalue weighted by atomic mass is 35.5. The average Bonchev–Trinajstić information content (AvgIpc) is 3.33. The summed E-state index contributed by atoms with van der Waals surface area (Å²) in [6.45, 7) is 4.41. The molecule has 0 aliphatic heterocycles. The third kappa shape index (κ3) is 4.86. The maximum Gasteiger partial charge on any atom is 0.191 e. The van der Waals surface area contributed by atoms with Crippen LogP contribution in [0.15, 0.2) is 53.0 Å². The average molecular weight is 457 g/mol. The first-order valence-corrected chi connectivity index (χ1v) is 11.7. The first-order valence-electron chi connectivity index (χ1n) is 9.41. The molecular formula is C22H21ClN4OS2. The number of ether oxygens (including phenoxy) is 1. The summed E-state index contributed by atoms with van der Waals surface area (Å²) in [7, 11) is 1.95. The molecule has 4 aromatic rings. The summed E-state index contributed by atoms with van der Waals surface area (Å²) in [4.78, 5) is 4.76. The van der Waals surface area contributed by atoms with Gasteiger partial charge in [0, 0.05) is 28.8 Å². The molecule has 0 aliphatic carbocycles. The van der Waals surface area contributed by atoms with Crippen LogP contribution in [0.2, 0.25) is 5.02 Å². The Labute approximate surface area is 189 Å². The smallest absolute Gasteiger partial charge is 0.191 e. The van der Waals surface area contributed by atoms with Gasteiger partial charge in [-0.1, -0.05) is 53.2 Å². The zero-order valence-electron chi connectivity index (χ0n) is 16.9. The lowest BCUT2D eigenvalue weighted by atomic mass is 10.2.